The number of carbonyl (C=O) groups excluding carboxylic acids is 3. The Morgan fingerprint density at radius 1 is 1.33 bits per heavy atom. The van der Waals surface area contributed by atoms with Crippen LogP contribution in [0.5, 0.6) is 0 Å². The number of pyridine rings is 1. The minimum Gasteiger partial charge on any atom is -0.436 e. The van der Waals surface area contributed by atoms with Crippen LogP contribution in [0.4, 0.5) is 15.3 Å². The molecular weight excluding hydrogens is 386 g/mol. The second-order valence-electron chi connectivity index (χ2n) is 7.32. The molecule has 3 aliphatic heterocycles. The van der Waals surface area contributed by atoms with Crippen molar-refractivity contribution in [1.29, 1.82) is 5.26 Å². The van der Waals surface area contributed by atoms with Crippen molar-refractivity contribution in [2.24, 2.45) is 0 Å². The average molecular weight is 401 g/mol. The molecule has 0 saturated carbocycles. The van der Waals surface area contributed by atoms with E-state index in [1.54, 1.807) is 35.4 Å². The van der Waals surface area contributed by atoms with Gasteiger partial charge in [0.1, 0.15) is 12.1 Å². The number of nitrogens with zero attached hydrogens (tertiary/aromatic N) is 5. The van der Waals surface area contributed by atoms with Gasteiger partial charge in [-0.05, 0) is 30.7 Å². The van der Waals surface area contributed by atoms with Gasteiger partial charge in [0.2, 0.25) is 0 Å². The molecule has 3 atom stereocenters. The highest BCUT2D eigenvalue weighted by Gasteiger charge is 2.63. The lowest BCUT2D eigenvalue weighted by Gasteiger charge is -2.33. The molecule has 9 heteroatoms. The van der Waals surface area contributed by atoms with Crippen LogP contribution in [0, 0.1) is 23.7 Å². The molecule has 4 amide bonds. The third-order valence-corrected chi connectivity index (χ3v) is 5.89. The standard InChI is InChI=1S/C21H15N5O4/c1-2-8-30-21(29)24-11-13-9-16(24)18-19(27)26(20(28)25(13)18)15-6-5-12(10-22)17-14(15)4-3-7-23-17/h1,3-7,13,16,18H,8-9,11H2. The van der Waals surface area contributed by atoms with Gasteiger partial charge >= 0.3 is 12.1 Å². The van der Waals surface area contributed by atoms with E-state index in [-0.39, 0.29) is 12.6 Å². The Labute approximate surface area is 171 Å². The van der Waals surface area contributed by atoms with Crippen LogP contribution in [0.25, 0.3) is 10.9 Å². The molecule has 30 heavy (non-hydrogen) atoms. The van der Waals surface area contributed by atoms with E-state index >= 15 is 0 Å². The SMILES string of the molecule is C#CCOC(=O)N1CC2CC1C1C(=O)N(c3ccc(C#N)c4ncccc34)C(=O)N21. The second kappa shape index (κ2) is 6.46. The van der Waals surface area contributed by atoms with Crippen molar-refractivity contribution in [3.63, 3.8) is 0 Å². The van der Waals surface area contributed by atoms with Crippen LogP contribution in [-0.2, 0) is 9.53 Å². The summed E-state index contributed by atoms with van der Waals surface area (Å²) < 4.78 is 5.02. The van der Waals surface area contributed by atoms with E-state index in [1.807, 2.05) is 0 Å². The van der Waals surface area contributed by atoms with Crippen LogP contribution in [-0.4, -0.2) is 64.1 Å². The van der Waals surface area contributed by atoms with Gasteiger partial charge in [-0.25, -0.2) is 14.5 Å². The maximum atomic E-state index is 13.3. The van der Waals surface area contributed by atoms with Gasteiger partial charge in [0.05, 0.1) is 28.9 Å². The zero-order valence-corrected chi connectivity index (χ0v) is 15.7. The molecule has 2 bridgehead atoms. The van der Waals surface area contributed by atoms with E-state index in [1.165, 1.54) is 4.90 Å². The maximum absolute atomic E-state index is 13.3. The topological polar surface area (TPSA) is 107 Å². The number of ether oxygens (including phenoxy) is 1. The lowest BCUT2D eigenvalue weighted by Crippen LogP contribution is -2.55. The van der Waals surface area contributed by atoms with Crippen molar-refractivity contribution in [1.82, 2.24) is 14.8 Å². The van der Waals surface area contributed by atoms with Gasteiger partial charge in [0.15, 0.2) is 6.61 Å². The molecule has 0 radical (unpaired) electrons. The molecule has 0 N–H and O–H groups in total. The lowest BCUT2D eigenvalue weighted by atomic mass is 10.1. The number of amides is 4. The van der Waals surface area contributed by atoms with Crippen LogP contribution >= 0.6 is 0 Å². The summed E-state index contributed by atoms with van der Waals surface area (Å²) in [5, 5.41) is 9.88. The quantitative estimate of drug-likeness (QED) is 0.557. The minimum absolute atomic E-state index is 0.148. The Balaban J connectivity index is 1.52. The number of hydrogen-bond donors (Lipinski definition) is 0. The molecule has 5 rings (SSSR count). The Kier molecular flexibility index (Phi) is 3.87. The van der Waals surface area contributed by atoms with Gasteiger partial charge in [0.25, 0.3) is 5.91 Å². The number of fused-ring (bicyclic) bond motifs is 6. The number of benzene rings is 1. The summed E-state index contributed by atoms with van der Waals surface area (Å²) in [5.41, 5.74) is 1.16. The number of nitriles is 1. The average Bonchev–Trinajstić information content (AvgIpc) is 3.43. The summed E-state index contributed by atoms with van der Waals surface area (Å²) >= 11 is 0. The Hall–Kier alpha value is -4.11. The van der Waals surface area contributed by atoms with Crippen LogP contribution in [0.15, 0.2) is 30.5 Å². The first-order valence-corrected chi connectivity index (χ1v) is 9.37. The number of terminal acetylenes is 1. The summed E-state index contributed by atoms with van der Waals surface area (Å²) in [4.78, 5) is 47.3. The third-order valence-electron chi connectivity index (χ3n) is 5.89. The molecular formula is C21H15N5O4. The van der Waals surface area contributed by atoms with Gasteiger partial charge in [-0.15, -0.1) is 6.42 Å². The number of imide groups is 1. The molecule has 0 spiro atoms. The van der Waals surface area contributed by atoms with Gasteiger partial charge in [0, 0.05) is 18.1 Å². The monoisotopic (exact) mass is 401 g/mol. The molecule has 9 nitrogen and oxygen atoms in total. The molecule has 0 aliphatic carbocycles. The van der Waals surface area contributed by atoms with E-state index in [0.29, 0.717) is 35.1 Å². The highest BCUT2D eigenvalue weighted by Crippen LogP contribution is 2.43. The summed E-state index contributed by atoms with van der Waals surface area (Å²) in [5.74, 6) is 1.84. The third kappa shape index (κ3) is 2.29. The van der Waals surface area contributed by atoms with Crippen molar-refractivity contribution < 1.29 is 19.1 Å². The largest absolute Gasteiger partial charge is 0.436 e. The van der Waals surface area contributed by atoms with Crippen molar-refractivity contribution in [2.45, 2.75) is 24.5 Å². The second-order valence-corrected chi connectivity index (χ2v) is 7.32. The normalized spacial score (nSPS) is 24.2. The molecule has 3 saturated heterocycles. The zero-order valence-electron chi connectivity index (χ0n) is 15.7. The maximum Gasteiger partial charge on any atom is 0.411 e. The first-order chi connectivity index (χ1) is 14.6. The van der Waals surface area contributed by atoms with Crippen molar-refractivity contribution in [3.8, 4) is 18.4 Å². The first-order valence-electron chi connectivity index (χ1n) is 9.37. The lowest BCUT2D eigenvalue weighted by molar-refractivity contribution is -0.121. The number of likely N-dealkylation sites (tertiary alicyclic amines) is 1. The number of anilines is 1. The van der Waals surface area contributed by atoms with Crippen molar-refractivity contribution >= 4 is 34.6 Å². The number of hydrogen-bond acceptors (Lipinski definition) is 6. The molecule has 1 aromatic heterocycles. The fraction of sp³-hybridized carbons (Fsp3) is 0.286. The number of aromatic nitrogens is 1. The molecule has 2 aromatic rings. The minimum atomic E-state index is -0.767. The summed E-state index contributed by atoms with van der Waals surface area (Å²) in [7, 11) is 0. The van der Waals surface area contributed by atoms with Gasteiger partial charge in [-0.3, -0.25) is 9.78 Å². The summed E-state index contributed by atoms with van der Waals surface area (Å²) in [6.45, 7) is 0.150. The number of carbonyl (C=O) groups is 3. The van der Waals surface area contributed by atoms with E-state index in [0.717, 1.165) is 4.90 Å². The molecule has 4 heterocycles. The number of urea groups is 1. The fourth-order valence-electron chi connectivity index (χ4n) is 4.72. The molecule has 3 unspecified atom stereocenters. The highest BCUT2D eigenvalue weighted by atomic mass is 16.6. The Morgan fingerprint density at radius 2 is 2.17 bits per heavy atom. The van der Waals surface area contributed by atoms with Gasteiger partial charge in [-0.2, -0.15) is 5.26 Å². The van der Waals surface area contributed by atoms with E-state index < -0.39 is 30.1 Å². The predicted octanol–water partition coefficient (Wildman–Crippen LogP) is 1.47. The Morgan fingerprint density at radius 3 is 2.93 bits per heavy atom. The zero-order chi connectivity index (χ0) is 21.0. The van der Waals surface area contributed by atoms with Crippen LogP contribution < -0.4 is 4.90 Å². The summed E-state index contributed by atoms with van der Waals surface area (Å²) in [6, 6.07) is 6.71. The Bertz CT molecular complexity index is 1200. The molecule has 1 aromatic carbocycles. The van der Waals surface area contributed by atoms with E-state index in [4.69, 9.17) is 11.2 Å². The van der Waals surface area contributed by atoms with E-state index in [2.05, 4.69) is 17.0 Å². The van der Waals surface area contributed by atoms with Crippen LogP contribution in [0.1, 0.15) is 12.0 Å². The predicted molar refractivity (Wildman–Crippen MR) is 104 cm³/mol. The first kappa shape index (κ1) is 18.0. The van der Waals surface area contributed by atoms with E-state index in [9.17, 15) is 19.6 Å². The van der Waals surface area contributed by atoms with Crippen molar-refractivity contribution in [2.75, 3.05) is 18.1 Å². The number of rotatable bonds is 2. The van der Waals surface area contributed by atoms with Gasteiger partial charge < -0.3 is 14.5 Å². The number of piperazine rings is 1. The highest BCUT2D eigenvalue weighted by molar-refractivity contribution is 6.25. The fourth-order valence-corrected chi connectivity index (χ4v) is 4.72. The molecule has 3 fully saturated rings. The smallest absolute Gasteiger partial charge is 0.411 e. The molecule has 3 aliphatic rings. The summed E-state index contributed by atoms with van der Waals surface area (Å²) in [6.07, 6.45) is 6.64. The van der Waals surface area contributed by atoms with Crippen LogP contribution in [0.2, 0.25) is 0 Å². The molecule has 148 valence electrons. The van der Waals surface area contributed by atoms with Gasteiger partial charge in [-0.1, -0.05) is 5.92 Å². The van der Waals surface area contributed by atoms with Crippen molar-refractivity contribution in [3.05, 3.63) is 36.0 Å². The van der Waals surface area contributed by atoms with Crippen LogP contribution in [0.3, 0.4) is 0 Å².